The van der Waals surface area contributed by atoms with E-state index in [0.717, 1.165) is 4.47 Å². The van der Waals surface area contributed by atoms with E-state index in [0.29, 0.717) is 17.0 Å². The molecule has 1 N–H and O–H groups in total. The minimum absolute atomic E-state index is 0.0327. The Morgan fingerprint density at radius 2 is 1.96 bits per heavy atom. The van der Waals surface area contributed by atoms with Gasteiger partial charge in [-0.1, -0.05) is 40.0 Å². The molecule has 0 atom stereocenters. The van der Waals surface area contributed by atoms with Crippen LogP contribution in [0.3, 0.4) is 0 Å². The Hall–Kier alpha value is -3.02. The molecule has 5 heteroatoms. The monoisotopic (exact) mass is 380 g/mol. The first kappa shape index (κ1) is 17.3. The van der Waals surface area contributed by atoms with Crippen LogP contribution in [0.2, 0.25) is 0 Å². The van der Waals surface area contributed by atoms with Gasteiger partial charge in [0, 0.05) is 15.7 Å². The summed E-state index contributed by atoms with van der Waals surface area (Å²) in [6.07, 6.45) is 6.66. The van der Waals surface area contributed by atoms with E-state index in [4.69, 9.17) is 11.2 Å². The van der Waals surface area contributed by atoms with Crippen molar-refractivity contribution >= 4 is 33.6 Å². The molecule has 0 saturated carbocycles. The molecule has 0 spiro atoms. The number of amides is 1. The maximum Gasteiger partial charge on any atom is 0.266 e. The molecule has 0 bridgehead atoms. The van der Waals surface area contributed by atoms with E-state index in [1.807, 2.05) is 6.07 Å². The van der Waals surface area contributed by atoms with E-state index < -0.39 is 5.91 Å². The van der Waals surface area contributed by atoms with Gasteiger partial charge in [0.2, 0.25) is 0 Å². The van der Waals surface area contributed by atoms with E-state index in [1.54, 1.807) is 48.5 Å². The summed E-state index contributed by atoms with van der Waals surface area (Å²) in [6.45, 7) is 0.109. The highest BCUT2D eigenvalue weighted by atomic mass is 79.9. The smallest absolute Gasteiger partial charge is 0.266 e. The van der Waals surface area contributed by atoms with E-state index in [1.165, 1.54) is 6.08 Å². The molecule has 0 aliphatic heterocycles. The molecule has 2 aromatic carbocycles. The number of carbonyl (C=O) groups excluding carboxylic acids is 1. The Kier molecular flexibility index (Phi) is 6.19. The Morgan fingerprint density at radius 3 is 2.62 bits per heavy atom. The van der Waals surface area contributed by atoms with Crippen LogP contribution >= 0.6 is 15.9 Å². The van der Waals surface area contributed by atoms with Crippen LogP contribution in [0.15, 0.2) is 58.6 Å². The third-order valence-electron chi connectivity index (χ3n) is 3.00. The molecule has 2 aromatic rings. The van der Waals surface area contributed by atoms with Gasteiger partial charge in [0.15, 0.2) is 0 Å². The highest BCUT2D eigenvalue weighted by Gasteiger charge is 2.11. The van der Waals surface area contributed by atoms with Gasteiger partial charge in [0.1, 0.15) is 24.0 Å². The normalized spacial score (nSPS) is 10.4. The van der Waals surface area contributed by atoms with Crippen LogP contribution in [0.4, 0.5) is 5.69 Å². The first-order chi connectivity index (χ1) is 11.6. The van der Waals surface area contributed by atoms with Gasteiger partial charge in [0.25, 0.3) is 5.91 Å². The van der Waals surface area contributed by atoms with Crippen LogP contribution in [0.1, 0.15) is 5.56 Å². The van der Waals surface area contributed by atoms with Crippen molar-refractivity contribution in [2.24, 2.45) is 0 Å². The van der Waals surface area contributed by atoms with Gasteiger partial charge in [-0.05, 0) is 36.4 Å². The highest BCUT2D eigenvalue weighted by molar-refractivity contribution is 9.10. The van der Waals surface area contributed by atoms with Crippen LogP contribution in [0.25, 0.3) is 6.08 Å². The van der Waals surface area contributed by atoms with Crippen molar-refractivity contribution in [3.63, 3.8) is 0 Å². The largest absolute Gasteiger partial charge is 0.480 e. The molecule has 4 nitrogen and oxygen atoms in total. The number of carbonyl (C=O) groups is 1. The molecular weight excluding hydrogens is 368 g/mol. The summed E-state index contributed by atoms with van der Waals surface area (Å²) in [4.78, 5) is 12.3. The summed E-state index contributed by atoms with van der Waals surface area (Å²) in [5.74, 6) is 2.40. The van der Waals surface area contributed by atoms with Gasteiger partial charge in [-0.25, -0.2) is 0 Å². The van der Waals surface area contributed by atoms with E-state index in [9.17, 15) is 10.1 Å². The Labute approximate surface area is 148 Å². The molecule has 0 heterocycles. The standard InChI is InChI=1S/C19H13BrN2O2/c1-2-11-24-18-6-4-3-5-14(18)12-15(13-21)19(23)22-17-9-7-16(20)8-10-17/h1,3-10,12H,11H2,(H,22,23)/b15-12+. The predicted octanol–water partition coefficient (Wildman–Crippen LogP) is 4.01. The predicted molar refractivity (Wildman–Crippen MR) is 97.1 cm³/mol. The number of para-hydroxylation sites is 1. The van der Waals surface area contributed by atoms with Gasteiger partial charge >= 0.3 is 0 Å². The summed E-state index contributed by atoms with van der Waals surface area (Å²) in [5, 5.41) is 12.0. The molecule has 118 valence electrons. The quantitative estimate of drug-likeness (QED) is 0.484. The molecule has 1 amide bonds. The third-order valence-corrected chi connectivity index (χ3v) is 3.53. The number of halogens is 1. The average molecular weight is 381 g/mol. The molecule has 0 fully saturated rings. The SMILES string of the molecule is C#CCOc1ccccc1/C=C(\C#N)C(=O)Nc1ccc(Br)cc1. The third kappa shape index (κ3) is 4.74. The van der Waals surface area contributed by atoms with Crippen molar-refractivity contribution in [1.82, 2.24) is 0 Å². The Balaban J connectivity index is 2.23. The number of ether oxygens (including phenoxy) is 1. The Bertz CT molecular complexity index is 843. The van der Waals surface area contributed by atoms with Crippen LogP contribution in [-0.4, -0.2) is 12.5 Å². The summed E-state index contributed by atoms with van der Waals surface area (Å²) in [5.41, 5.74) is 1.17. The lowest BCUT2D eigenvalue weighted by Gasteiger charge is -2.07. The number of nitriles is 1. The molecule has 0 aliphatic rings. The molecule has 0 unspecified atom stereocenters. The average Bonchev–Trinajstić information content (AvgIpc) is 2.60. The zero-order valence-electron chi connectivity index (χ0n) is 12.6. The van der Waals surface area contributed by atoms with Crippen molar-refractivity contribution < 1.29 is 9.53 Å². The van der Waals surface area contributed by atoms with E-state index >= 15 is 0 Å². The van der Waals surface area contributed by atoms with Gasteiger partial charge in [-0.3, -0.25) is 4.79 Å². The fraction of sp³-hybridized carbons (Fsp3) is 0.0526. The second-order valence-corrected chi connectivity index (χ2v) is 5.58. The molecule has 24 heavy (non-hydrogen) atoms. The van der Waals surface area contributed by atoms with Gasteiger partial charge in [0.05, 0.1) is 0 Å². The van der Waals surface area contributed by atoms with Crippen molar-refractivity contribution in [2.75, 3.05) is 11.9 Å². The highest BCUT2D eigenvalue weighted by Crippen LogP contribution is 2.21. The second kappa shape index (κ2) is 8.57. The molecular formula is C19H13BrN2O2. The molecule has 0 saturated heterocycles. The minimum Gasteiger partial charge on any atom is -0.480 e. The lowest BCUT2D eigenvalue weighted by molar-refractivity contribution is -0.112. The second-order valence-electron chi connectivity index (χ2n) is 4.66. The van der Waals surface area contributed by atoms with Gasteiger partial charge in [-0.2, -0.15) is 5.26 Å². The van der Waals surface area contributed by atoms with Crippen molar-refractivity contribution in [2.45, 2.75) is 0 Å². The fourth-order valence-electron chi connectivity index (χ4n) is 1.89. The summed E-state index contributed by atoms with van der Waals surface area (Å²) < 4.78 is 6.32. The summed E-state index contributed by atoms with van der Waals surface area (Å²) >= 11 is 3.32. The lowest BCUT2D eigenvalue weighted by Crippen LogP contribution is -2.13. The summed E-state index contributed by atoms with van der Waals surface area (Å²) in [6, 6.07) is 16.0. The zero-order chi connectivity index (χ0) is 17.4. The minimum atomic E-state index is -0.494. The maximum absolute atomic E-state index is 12.3. The van der Waals surface area contributed by atoms with Crippen molar-refractivity contribution in [1.29, 1.82) is 5.26 Å². The van der Waals surface area contributed by atoms with Crippen LogP contribution in [-0.2, 0) is 4.79 Å². The van der Waals surface area contributed by atoms with Crippen LogP contribution in [0.5, 0.6) is 5.75 Å². The van der Waals surface area contributed by atoms with Crippen molar-refractivity contribution in [3.05, 3.63) is 64.1 Å². The maximum atomic E-state index is 12.3. The zero-order valence-corrected chi connectivity index (χ0v) is 14.2. The van der Waals surface area contributed by atoms with Crippen LogP contribution in [0, 0.1) is 23.7 Å². The molecule has 0 radical (unpaired) electrons. The Morgan fingerprint density at radius 1 is 1.25 bits per heavy atom. The molecule has 0 aromatic heterocycles. The van der Waals surface area contributed by atoms with Crippen LogP contribution < -0.4 is 10.1 Å². The fourth-order valence-corrected chi connectivity index (χ4v) is 2.15. The number of nitrogens with zero attached hydrogens (tertiary/aromatic N) is 1. The van der Waals surface area contributed by atoms with Crippen molar-refractivity contribution in [3.8, 4) is 24.2 Å². The molecule has 2 rings (SSSR count). The lowest BCUT2D eigenvalue weighted by atomic mass is 10.1. The van der Waals surface area contributed by atoms with E-state index in [-0.39, 0.29) is 12.2 Å². The molecule has 0 aliphatic carbocycles. The number of anilines is 1. The first-order valence-corrected chi connectivity index (χ1v) is 7.77. The first-order valence-electron chi connectivity index (χ1n) is 6.98. The number of hydrogen-bond donors (Lipinski definition) is 1. The number of nitrogens with one attached hydrogen (secondary N) is 1. The van der Waals surface area contributed by atoms with Gasteiger partial charge in [-0.15, -0.1) is 6.42 Å². The van der Waals surface area contributed by atoms with Gasteiger partial charge < -0.3 is 10.1 Å². The number of hydrogen-bond acceptors (Lipinski definition) is 3. The summed E-state index contributed by atoms with van der Waals surface area (Å²) in [7, 11) is 0. The van der Waals surface area contributed by atoms with E-state index in [2.05, 4.69) is 27.2 Å². The number of rotatable bonds is 5. The number of benzene rings is 2. The topological polar surface area (TPSA) is 62.1 Å². The number of terminal acetylenes is 1.